The van der Waals surface area contributed by atoms with E-state index in [-0.39, 0.29) is 35.5 Å². The lowest BCUT2D eigenvalue weighted by Crippen LogP contribution is -2.44. The van der Waals surface area contributed by atoms with Crippen molar-refractivity contribution in [2.45, 2.75) is 72.0 Å². The molecule has 0 N–H and O–H groups in total. The van der Waals surface area contributed by atoms with Crippen LogP contribution in [0, 0.1) is 19.3 Å². The maximum Gasteiger partial charge on any atom is 0.245 e. The normalized spacial score (nSPS) is 21.4. The smallest absolute Gasteiger partial charge is 0.245 e. The van der Waals surface area contributed by atoms with E-state index in [2.05, 4.69) is 32.0 Å². The zero-order chi connectivity index (χ0) is 28.2. The highest BCUT2D eigenvalue weighted by molar-refractivity contribution is 6.07. The summed E-state index contributed by atoms with van der Waals surface area (Å²) in [7, 11) is 0. The predicted octanol–water partition coefficient (Wildman–Crippen LogP) is 3.68. The number of Topliss-reactive ketones (excluding diaryl/α,β-unsaturated/α-hetero) is 2. The van der Waals surface area contributed by atoms with E-state index < -0.39 is 6.04 Å². The van der Waals surface area contributed by atoms with Crippen LogP contribution in [0.25, 0.3) is 22.0 Å². The highest BCUT2D eigenvalue weighted by atomic mass is 16.2. The van der Waals surface area contributed by atoms with E-state index in [0.29, 0.717) is 36.2 Å². The van der Waals surface area contributed by atoms with Gasteiger partial charge in [0.2, 0.25) is 5.91 Å². The van der Waals surface area contributed by atoms with Crippen molar-refractivity contribution in [3.8, 4) is 11.1 Å². The van der Waals surface area contributed by atoms with E-state index in [1.54, 1.807) is 34.2 Å². The highest BCUT2D eigenvalue weighted by Gasteiger charge is 2.64. The molecule has 4 aromatic rings. The largest absolute Gasteiger partial charge is 0.327 e. The first-order valence-corrected chi connectivity index (χ1v) is 13.5. The van der Waals surface area contributed by atoms with E-state index in [9.17, 15) is 14.4 Å². The van der Waals surface area contributed by atoms with Crippen LogP contribution in [0.2, 0.25) is 0 Å². The van der Waals surface area contributed by atoms with Crippen molar-refractivity contribution in [2.24, 2.45) is 5.41 Å². The Labute approximate surface area is 231 Å². The fourth-order valence-corrected chi connectivity index (χ4v) is 6.11. The molecule has 1 saturated carbocycles. The Bertz CT molecular complexity index is 1650. The summed E-state index contributed by atoms with van der Waals surface area (Å²) in [4.78, 5) is 58.3. The number of nitrogens with zero attached hydrogens (tertiary/aromatic N) is 7. The number of ketones is 2. The number of hydrogen-bond acceptors (Lipinski definition) is 8. The quantitative estimate of drug-likeness (QED) is 0.312. The average Bonchev–Trinajstić information content (AvgIpc) is 3.29. The molecule has 3 atom stereocenters. The van der Waals surface area contributed by atoms with Crippen molar-refractivity contribution in [1.29, 1.82) is 0 Å². The van der Waals surface area contributed by atoms with E-state index in [1.165, 1.54) is 13.3 Å². The van der Waals surface area contributed by atoms with Crippen LogP contribution < -0.4 is 0 Å². The van der Waals surface area contributed by atoms with E-state index in [4.69, 9.17) is 0 Å². The Morgan fingerprint density at radius 2 is 1.82 bits per heavy atom. The molecule has 1 aliphatic carbocycles. The van der Waals surface area contributed by atoms with Crippen LogP contribution in [0.1, 0.15) is 60.7 Å². The fraction of sp³-hybridized carbons (Fsp3) is 0.400. The SMILES string of the molecule is CC(=O)c1nn(CC(=O)N2[C@H](C(=O)CCc3ccncn3)C[C@@]3(C)C[C@@H]23)c2c(C)cc(-c3cnc(C)nc3)cc12. The number of fused-ring (bicyclic) bond motifs is 2. The van der Waals surface area contributed by atoms with Gasteiger partial charge in [0.15, 0.2) is 11.6 Å². The molecule has 1 aliphatic heterocycles. The second kappa shape index (κ2) is 9.69. The molecule has 40 heavy (non-hydrogen) atoms. The summed E-state index contributed by atoms with van der Waals surface area (Å²) in [6.45, 7) is 7.36. The number of rotatable bonds is 8. The summed E-state index contributed by atoms with van der Waals surface area (Å²) in [6, 6.07) is 5.31. The van der Waals surface area contributed by atoms with Gasteiger partial charge in [0.1, 0.15) is 24.4 Å². The molecule has 2 fully saturated rings. The van der Waals surface area contributed by atoms with Gasteiger partial charge in [-0.25, -0.2) is 19.9 Å². The number of benzene rings is 1. The monoisotopic (exact) mass is 537 g/mol. The van der Waals surface area contributed by atoms with E-state index >= 15 is 0 Å². The van der Waals surface area contributed by atoms with E-state index in [0.717, 1.165) is 34.3 Å². The van der Waals surface area contributed by atoms with E-state index in [1.807, 2.05) is 26.0 Å². The van der Waals surface area contributed by atoms with Gasteiger partial charge in [-0.1, -0.05) is 6.92 Å². The molecule has 1 aromatic carbocycles. The summed E-state index contributed by atoms with van der Waals surface area (Å²) in [5.74, 6) is 0.399. The Morgan fingerprint density at radius 1 is 1.05 bits per heavy atom. The van der Waals surface area contributed by atoms with Gasteiger partial charge in [-0.15, -0.1) is 0 Å². The summed E-state index contributed by atoms with van der Waals surface area (Å²) < 4.78 is 1.62. The fourth-order valence-electron chi connectivity index (χ4n) is 6.11. The number of piperidine rings is 1. The van der Waals surface area contributed by atoms with Gasteiger partial charge in [-0.05, 0) is 67.9 Å². The Balaban J connectivity index is 1.29. The molecule has 1 amide bonds. The van der Waals surface area contributed by atoms with Crippen LogP contribution in [0.15, 0.2) is 43.1 Å². The summed E-state index contributed by atoms with van der Waals surface area (Å²) in [5.41, 5.74) is 4.43. The first-order chi connectivity index (χ1) is 19.1. The summed E-state index contributed by atoms with van der Waals surface area (Å²) >= 11 is 0. The lowest BCUT2D eigenvalue weighted by molar-refractivity contribution is -0.139. The lowest BCUT2D eigenvalue weighted by Gasteiger charge is -2.27. The minimum absolute atomic E-state index is 0.0252. The number of aromatic nitrogens is 6. The molecule has 204 valence electrons. The molecule has 2 aliphatic rings. The molecule has 0 radical (unpaired) electrons. The molecule has 0 spiro atoms. The van der Waals surface area contributed by atoms with Crippen molar-refractivity contribution in [3.63, 3.8) is 0 Å². The van der Waals surface area contributed by atoms with Gasteiger partial charge >= 0.3 is 0 Å². The first kappa shape index (κ1) is 25.9. The van der Waals surface area contributed by atoms with Gasteiger partial charge in [-0.3, -0.25) is 19.1 Å². The molecule has 0 unspecified atom stereocenters. The number of carbonyl (C=O) groups excluding carboxylic acids is 3. The standard InChI is InChI=1S/C30H31N7O3/c1-17-9-20(21-13-32-19(3)33-14-21)10-23-28(18(2)38)35-36(29(17)23)15-27(40)37-24(11-30(4)12-26(30)37)25(39)6-5-22-7-8-31-16-34-22/h7-10,13-14,16,24,26H,5-6,11-12,15H2,1-4H3/t24-,26+,30-/m0/s1. The second-order valence-corrected chi connectivity index (χ2v) is 11.3. The Morgan fingerprint density at radius 3 is 2.52 bits per heavy atom. The Hall–Kier alpha value is -4.34. The van der Waals surface area contributed by atoms with Crippen molar-refractivity contribution < 1.29 is 14.4 Å². The van der Waals surface area contributed by atoms with Crippen LogP contribution in [0.5, 0.6) is 0 Å². The van der Waals surface area contributed by atoms with Crippen molar-refractivity contribution in [3.05, 3.63) is 65.9 Å². The van der Waals surface area contributed by atoms with Crippen LogP contribution in [0.4, 0.5) is 0 Å². The minimum atomic E-state index is -0.457. The molecule has 10 nitrogen and oxygen atoms in total. The average molecular weight is 538 g/mol. The molecule has 3 aromatic heterocycles. The molecule has 0 bridgehead atoms. The first-order valence-electron chi connectivity index (χ1n) is 13.5. The van der Waals surface area contributed by atoms with Crippen LogP contribution in [-0.2, 0) is 22.6 Å². The van der Waals surface area contributed by atoms with Crippen LogP contribution in [-0.4, -0.2) is 64.2 Å². The molecule has 10 heteroatoms. The lowest BCUT2D eigenvalue weighted by atomic mass is 9.96. The third kappa shape index (κ3) is 4.57. The Kier molecular flexibility index (Phi) is 6.28. The number of hydrogen-bond donors (Lipinski definition) is 0. The molecule has 6 rings (SSSR count). The van der Waals surface area contributed by atoms with Crippen LogP contribution in [0.3, 0.4) is 0 Å². The zero-order valence-corrected chi connectivity index (χ0v) is 23.1. The van der Waals surface area contributed by atoms with Gasteiger partial charge in [-0.2, -0.15) is 5.10 Å². The number of aryl methyl sites for hydroxylation is 3. The van der Waals surface area contributed by atoms with Crippen LogP contribution >= 0.6 is 0 Å². The highest BCUT2D eigenvalue weighted by Crippen LogP contribution is 2.59. The van der Waals surface area contributed by atoms with Crippen molar-refractivity contribution >= 4 is 28.4 Å². The van der Waals surface area contributed by atoms with Gasteiger partial charge in [0.25, 0.3) is 0 Å². The summed E-state index contributed by atoms with van der Waals surface area (Å²) in [6.07, 6.45) is 9.05. The van der Waals surface area contributed by atoms with Gasteiger partial charge in [0.05, 0.1) is 11.6 Å². The predicted molar refractivity (Wildman–Crippen MR) is 147 cm³/mol. The van der Waals surface area contributed by atoms with Crippen molar-refractivity contribution in [2.75, 3.05) is 0 Å². The van der Waals surface area contributed by atoms with Crippen molar-refractivity contribution in [1.82, 2.24) is 34.6 Å². The maximum atomic E-state index is 13.8. The topological polar surface area (TPSA) is 124 Å². The van der Waals surface area contributed by atoms with Gasteiger partial charge < -0.3 is 4.90 Å². The zero-order valence-electron chi connectivity index (χ0n) is 23.1. The molecule has 4 heterocycles. The van der Waals surface area contributed by atoms with Gasteiger partial charge in [0, 0.05) is 54.6 Å². The second-order valence-electron chi connectivity index (χ2n) is 11.3. The molecular formula is C30H31N7O3. The molecule has 1 saturated heterocycles. The third-order valence-corrected chi connectivity index (χ3v) is 8.33. The third-order valence-electron chi connectivity index (χ3n) is 8.33. The number of amides is 1. The summed E-state index contributed by atoms with van der Waals surface area (Å²) in [5, 5.41) is 5.29. The maximum absolute atomic E-state index is 13.8. The minimum Gasteiger partial charge on any atom is -0.327 e. The molecular weight excluding hydrogens is 506 g/mol. The number of likely N-dealkylation sites (tertiary alicyclic amines) is 1. The number of carbonyl (C=O) groups is 3.